The predicted molar refractivity (Wildman–Crippen MR) is 142 cm³/mol. The minimum absolute atomic E-state index is 0.00261. The summed E-state index contributed by atoms with van der Waals surface area (Å²) in [6.07, 6.45) is 3.54. The van der Waals surface area contributed by atoms with E-state index in [4.69, 9.17) is 15.7 Å². The zero-order chi connectivity index (χ0) is 27.8. The van der Waals surface area contributed by atoms with E-state index in [0.717, 1.165) is 31.4 Å². The zero-order valence-corrected chi connectivity index (χ0v) is 22.0. The number of alkyl carbamates (subject to hydrolysis) is 1. The van der Waals surface area contributed by atoms with Crippen molar-refractivity contribution < 1.29 is 29.0 Å². The number of rotatable bonds is 15. The number of unbranched alkanes of at least 4 members (excludes halogenated alkanes) is 1. The van der Waals surface area contributed by atoms with Crippen LogP contribution in [-0.2, 0) is 25.7 Å². The van der Waals surface area contributed by atoms with Crippen molar-refractivity contribution in [2.24, 2.45) is 16.9 Å². The molecule has 1 heterocycles. The number of nitrogens with two attached hydrogens (primary N) is 1. The van der Waals surface area contributed by atoms with Crippen molar-refractivity contribution in [3.8, 4) is 0 Å². The second kappa shape index (κ2) is 16.8. The Kier molecular flexibility index (Phi) is 13.5. The summed E-state index contributed by atoms with van der Waals surface area (Å²) >= 11 is 0. The van der Waals surface area contributed by atoms with Crippen LogP contribution in [-0.4, -0.2) is 83.9 Å². The average Bonchev–Trinajstić information content (AvgIpc) is 2.91. The summed E-state index contributed by atoms with van der Waals surface area (Å²) in [5, 5.41) is 18.1. The minimum atomic E-state index is -1.20. The van der Waals surface area contributed by atoms with Crippen LogP contribution in [0.15, 0.2) is 35.4 Å². The first-order valence-corrected chi connectivity index (χ1v) is 13.0. The van der Waals surface area contributed by atoms with E-state index in [9.17, 15) is 19.2 Å². The van der Waals surface area contributed by atoms with Crippen LogP contribution in [0.3, 0.4) is 0 Å². The Hall–Kier alpha value is -3.83. The van der Waals surface area contributed by atoms with Crippen LogP contribution >= 0.6 is 0 Å². The summed E-state index contributed by atoms with van der Waals surface area (Å²) < 4.78 is 5.26. The van der Waals surface area contributed by atoms with Crippen LogP contribution < -0.4 is 16.5 Å². The van der Waals surface area contributed by atoms with Gasteiger partial charge in [-0.25, -0.2) is 4.79 Å². The summed E-state index contributed by atoms with van der Waals surface area (Å²) in [6.45, 7) is 4.22. The summed E-state index contributed by atoms with van der Waals surface area (Å²) in [4.78, 5) is 53.3. The van der Waals surface area contributed by atoms with Crippen molar-refractivity contribution >= 4 is 30.2 Å². The van der Waals surface area contributed by atoms with E-state index >= 15 is 0 Å². The number of nitrogens with one attached hydrogen (secondary N) is 2. The monoisotopic (exact) mass is 532 g/mol. The van der Waals surface area contributed by atoms with Crippen molar-refractivity contribution in [3.05, 3.63) is 35.9 Å². The Balaban J connectivity index is 2.03. The van der Waals surface area contributed by atoms with Crippen LogP contribution in [0.2, 0.25) is 0 Å². The van der Waals surface area contributed by atoms with Crippen LogP contribution in [0.4, 0.5) is 4.79 Å². The smallest absolute Gasteiger partial charge is 0.408 e. The number of ether oxygens (including phenoxy) is 1. The number of likely N-dealkylation sites (tertiary alicyclic amines) is 1. The van der Waals surface area contributed by atoms with Gasteiger partial charge in [0, 0.05) is 32.7 Å². The highest BCUT2D eigenvalue weighted by Gasteiger charge is 2.29. The summed E-state index contributed by atoms with van der Waals surface area (Å²) in [7, 11) is 0. The van der Waals surface area contributed by atoms with E-state index < -0.39 is 29.9 Å². The number of carbonyl (C=O) groups excluding carboxylic acids is 3. The van der Waals surface area contributed by atoms with Crippen molar-refractivity contribution in [1.29, 1.82) is 0 Å². The fourth-order valence-electron chi connectivity index (χ4n) is 4.22. The van der Waals surface area contributed by atoms with Gasteiger partial charge in [0.15, 0.2) is 0 Å². The molecule has 38 heavy (non-hydrogen) atoms. The molecule has 12 heteroatoms. The zero-order valence-electron chi connectivity index (χ0n) is 22.0. The first kappa shape index (κ1) is 30.4. The maximum Gasteiger partial charge on any atom is 0.408 e. The van der Waals surface area contributed by atoms with Crippen molar-refractivity contribution in [1.82, 2.24) is 20.4 Å². The highest BCUT2D eigenvalue weighted by atomic mass is 16.5. The average molecular weight is 533 g/mol. The van der Waals surface area contributed by atoms with E-state index in [0.29, 0.717) is 26.1 Å². The van der Waals surface area contributed by atoms with Gasteiger partial charge in [-0.05, 0) is 30.7 Å². The van der Waals surface area contributed by atoms with E-state index in [2.05, 4.69) is 15.7 Å². The van der Waals surface area contributed by atoms with E-state index in [1.54, 1.807) is 18.5 Å². The number of hydrazone groups is 1. The van der Waals surface area contributed by atoms with Crippen molar-refractivity contribution in [2.75, 3.05) is 32.7 Å². The summed E-state index contributed by atoms with van der Waals surface area (Å²) in [5.74, 6) is 3.48. The minimum Gasteiger partial charge on any atom is -0.481 e. The lowest BCUT2D eigenvalue weighted by atomic mass is 9.98. The molecule has 0 radical (unpaired) electrons. The molecule has 2 atom stereocenters. The molecule has 1 saturated heterocycles. The van der Waals surface area contributed by atoms with E-state index in [1.807, 2.05) is 30.0 Å². The number of piperidine rings is 1. The molecule has 3 amide bonds. The third kappa shape index (κ3) is 11.5. The van der Waals surface area contributed by atoms with Crippen LogP contribution in [0.1, 0.15) is 51.0 Å². The highest BCUT2D eigenvalue weighted by Crippen LogP contribution is 2.14. The summed E-state index contributed by atoms with van der Waals surface area (Å²) in [5.41, 5.74) is 0.774. The van der Waals surface area contributed by atoms with Gasteiger partial charge in [-0.3, -0.25) is 14.4 Å². The van der Waals surface area contributed by atoms with Gasteiger partial charge < -0.3 is 36.1 Å². The molecule has 1 aromatic rings. The van der Waals surface area contributed by atoms with Gasteiger partial charge in [-0.2, -0.15) is 5.10 Å². The first-order chi connectivity index (χ1) is 18.3. The fourth-order valence-corrected chi connectivity index (χ4v) is 4.22. The van der Waals surface area contributed by atoms with Gasteiger partial charge in [-0.1, -0.05) is 43.7 Å². The van der Waals surface area contributed by atoms with Gasteiger partial charge in [0.1, 0.15) is 19.0 Å². The molecule has 0 saturated carbocycles. The number of carboxylic acids is 1. The molecule has 0 unspecified atom stereocenters. The molecule has 1 aromatic carbocycles. The third-order valence-electron chi connectivity index (χ3n) is 6.25. The first-order valence-electron chi connectivity index (χ1n) is 13.0. The molecule has 210 valence electrons. The van der Waals surface area contributed by atoms with Crippen molar-refractivity contribution in [3.63, 3.8) is 0 Å². The molecule has 12 nitrogen and oxygen atoms in total. The largest absolute Gasteiger partial charge is 0.481 e. The predicted octanol–water partition coefficient (Wildman–Crippen LogP) is 1.51. The lowest BCUT2D eigenvalue weighted by Crippen LogP contribution is -2.51. The quantitative estimate of drug-likeness (QED) is 0.114. The molecule has 2 rings (SSSR count). The van der Waals surface area contributed by atoms with Gasteiger partial charge in [-0.15, -0.1) is 0 Å². The van der Waals surface area contributed by atoms with E-state index in [-0.39, 0.29) is 31.9 Å². The number of amides is 3. The highest BCUT2D eigenvalue weighted by molar-refractivity contribution is 5.91. The maximum atomic E-state index is 13.4. The number of carbonyl (C=O) groups is 4. The number of benzene rings is 1. The van der Waals surface area contributed by atoms with E-state index in [1.165, 1.54) is 4.90 Å². The Morgan fingerprint density at radius 3 is 2.71 bits per heavy atom. The molecular weight excluding hydrogens is 492 g/mol. The van der Waals surface area contributed by atoms with Gasteiger partial charge in [0.2, 0.25) is 11.8 Å². The number of nitrogens with zero attached hydrogens (tertiary/aromatic N) is 3. The second-order valence-corrected chi connectivity index (χ2v) is 9.36. The SMILES string of the molecule is CCCCN(CCC(=O)O)C(=O)[C@H](CC(=O)NC[C@@H]1CCCN(C=NN)C1)NC(=O)OCc1ccccc1. The molecule has 0 bridgehead atoms. The molecule has 5 N–H and O–H groups in total. The maximum absolute atomic E-state index is 13.4. The Labute approximate surface area is 223 Å². The topological polar surface area (TPSA) is 167 Å². The number of hydrogen-bond donors (Lipinski definition) is 4. The third-order valence-corrected chi connectivity index (χ3v) is 6.25. The lowest BCUT2D eigenvalue weighted by molar-refractivity contribution is -0.140. The molecule has 1 aliphatic rings. The molecule has 1 aliphatic heterocycles. The molecule has 0 spiro atoms. The van der Waals surface area contributed by atoms with Gasteiger partial charge in [0.25, 0.3) is 0 Å². The number of hydrogen-bond acceptors (Lipinski definition) is 7. The number of aliphatic carboxylic acids is 1. The lowest BCUT2D eigenvalue weighted by Gasteiger charge is -2.31. The summed E-state index contributed by atoms with van der Waals surface area (Å²) in [6, 6.07) is 7.87. The number of carboxylic acid groups (broad SMARTS) is 1. The Bertz CT molecular complexity index is 928. The Morgan fingerprint density at radius 1 is 1.26 bits per heavy atom. The standard InChI is InChI=1S/C26H40N6O6/c1-2-3-13-32(14-11-24(34)35)25(36)22(30-26(37)38-18-20-8-5-4-6-9-20)15-23(33)28-16-21-10-7-12-31(17-21)19-29-27/h4-6,8-9,19,21-22H,2-3,7,10-18,27H2,1H3,(H,28,33)(H,30,37)(H,34,35)/t21-,22-/m0/s1. The van der Waals surface area contributed by atoms with Gasteiger partial charge >= 0.3 is 12.1 Å². The second-order valence-electron chi connectivity index (χ2n) is 9.36. The molecule has 1 fully saturated rings. The van der Waals surface area contributed by atoms with Crippen LogP contribution in [0.5, 0.6) is 0 Å². The molecule has 0 aromatic heterocycles. The fraction of sp³-hybridized carbons (Fsp3) is 0.577. The van der Waals surface area contributed by atoms with Gasteiger partial charge in [0.05, 0.1) is 12.8 Å². The van der Waals surface area contributed by atoms with Crippen LogP contribution in [0.25, 0.3) is 0 Å². The van der Waals surface area contributed by atoms with Crippen molar-refractivity contribution in [2.45, 2.75) is 58.1 Å². The Morgan fingerprint density at radius 2 is 2.03 bits per heavy atom. The van der Waals surface area contributed by atoms with Crippen LogP contribution in [0, 0.1) is 5.92 Å². The normalized spacial score (nSPS) is 16.0. The molecular formula is C26H40N6O6. The molecule has 0 aliphatic carbocycles.